The molecule has 6 nitrogen and oxygen atoms in total. The molecule has 19 heavy (non-hydrogen) atoms. The number of carbonyl (C=O) groups excluding carboxylic acids is 1. The molecular formula is C13H29N2O4+. The molecule has 0 aromatic heterocycles. The molecule has 0 aliphatic rings. The van der Waals surface area contributed by atoms with Gasteiger partial charge in [-0.2, -0.15) is 5.21 Å². The standard InChI is InChI=1S/C13H28N2O4/c1-11(16)8-6-4-5-7-9-15(18)14-13(10-19-3)12(2)17/h12-14,17-18H,4-10H2,1-3H3/p+1/t12-,13-/m0/s1. The van der Waals surface area contributed by atoms with Crippen molar-refractivity contribution in [3.63, 3.8) is 0 Å². The van der Waals surface area contributed by atoms with Crippen LogP contribution in [0.4, 0.5) is 0 Å². The lowest BCUT2D eigenvalue weighted by Gasteiger charge is -2.22. The molecule has 4 N–H and O–H groups in total. The van der Waals surface area contributed by atoms with Crippen LogP contribution < -0.4 is 10.6 Å². The maximum absolute atomic E-state index is 10.7. The van der Waals surface area contributed by atoms with Crippen molar-refractivity contribution in [2.24, 2.45) is 0 Å². The third-order valence-electron chi connectivity index (χ3n) is 2.97. The van der Waals surface area contributed by atoms with E-state index in [0.717, 1.165) is 25.7 Å². The number of methoxy groups -OCH3 is 1. The van der Waals surface area contributed by atoms with Gasteiger partial charge in [0.25, 0.3) is 0 Å². The quantitative estimate of drug-likeness (QED) is 0.291. The van der Waals surface area contributed by atoms with Crippen LogP contribution in [0.15, 0.2) is 0 Å². The molecule has 0 fully saturated rings. The minimum Gasteiger partial charge on any atom is -0.391 e. The lowest BCUT2D eigenvalue weighted by molar-refractivity contribution is -1.13. The number of hydroxylamine groups is 1. The largest absolute Gasteiger partial charge is 0.391 e. The second kappa shape index (κ2) is 11.3. The first kappa shape index (κ1) is 18.5. The number of ether oxygens (including phenoxy) is 1. The zero-order valence-electron chi connectivity index (χ0n) is 12.3. The fourth-order valence-corrected chi connectivity index (χ4v) is 1.79. The van der Waals surface area contributed by atoms with E-state index in [1.54, 1.807) is 21.0 Å². The smallest absolute Gasteiger partial charge is 0.129 e. The van der Waals surface area contributed by atoms with Gasteiger partial charge in [0.1, 0.15) is 18.4 Å². The molecule has 0 aromatic carbocycles. The zero-order valence-corrected chi connectivity index (χ0v) is 12.3. The Morgan fingerprint density at radius 3 is 2.47 bits per heavy atom. The molecule has 0 amide bonds. The predicted octanol–water partition coefficient (Wildman–Crippen LogP) is -0.300. The van der Waals surface area contributed by atoms with Gasteiger partial charge in [0.15, 0.2) is 0 Å². The summed E-state index contributed by atoms with van der Waals surface area (Å²) in [5.41, 5.74) is 2.87. The zero-order chi connectivity index (χ0) is 14.7. The predicted molar refractivity (Wildman–Crippen MR) is 71.9 cm³/mol. The van der Waals surface area contributed by atoms with Gasteiger partial charge in [-0.3, -0.25) is 0 Å². The maximum atomic E-state index is 10.7. The second-order valence-corrected chi connectivity index (χ2v) is 5.01. The van der Waals surface area contributed by atoms with Crippen LogP contribution in [0.25, 0.3) is 0 Å². The molecule has 0 saturated heterocycles. The fraction of sp³-hybridized carbons (Fsp3) is 0.923. The van der Waals surface area contributed by atoms with Crippen molar-refractivity contribution in [1.82, 2.24) is 5.43 Å². The van der Waals surface area contributed by atoms with Crippen LogP contribution in [0.5, 0.6) is 0 Å². The van der Waals surface area contributed by atoms with E-state index >= 15 is 0 Å². The Kier molecular flexibility index (Phi) is 11.0. The van der Waals surface area contributed by atoms with Crippen LogP contribution in [-0.2, 0) is 9.53 Å². The number of ketones is 1. The summed E-state index contributed by atoms with van der Waals surface area (Å²) in [5.74, 6) is 0.232. The van der Waals surface area contributed by atoms with Crippen LogP contribution >= 0.6 is 0 Å². The number of aliphatic hydroxyl groups is 1. The summed E-state index contributed by atoms with van der Waals surface area (Å²) in [6, 6.07) is -0.289. The van der Waals surface area contributed by atoms with E-state index in [-0.39, 0.29) is 17.0 Å². The van der Waals surface area contributed by atoms with E-state index in [1.807, 2.05) is 0 Å². The molecule has 0 aromatic rings. The van der Waals surface area contributed by atoms with Crippen molar-refractivity contribution < 1.29 is 25.0 Å². The molecule has 114 valence electrons. The van der Waals surface area contributed by atoms with Gasteiger partial charge >= 0.3 is 0 Å². The highest BCUT2D eigenvalue weighted by Gasteiger charge is 2.19. The van der Waals surface area contributed by atoms with E-state index in [1.165, 1.54) is 0 Å². The summed E-state index contributed by atoms with van der Waals surface area (Å²) >= 11 is 0. The average Bonchev–Trinajstić information content (AvgIpc) is 2.32. The summed E-state index contributed by atoms with van der Waals surface area (Å²) in [7, 11) is 1.56. The SMILES string of the molecule is COC[C@H](N[NH+](O)CCCCCCC(C)=O)[C@H](C)O. The number of hydrogen-bond donors (Lipinski definition) is 4. The van der Waals surface area contributed by atoms with Gasteiger partial charge in [0.05, 0.1) is 12.7 Å². The highest BCUT2D eigenvalue weighted by atomic mass is 16.5. The number of unbranched alkanes of at least 4 members (excludes halogenated alkanes) is 3. The summed E-state index contributed by atoms with van der Waals surface area (Å²) in [6.07, 6.45) is 3.84. The lowest BCUT2D eigenvalue weighted by atomic mass is 10.1. The Bertz CT molecular complexity index is 237. The first-order valence-electron chi connectivity index (χ1n) is 6.95. The Morgan fingerprint density at radius 2 is 1.95 bits per heavy atom. The van der Waals surface area contributed by atoms with E-state index in [0.29, 0.717) is 19.6 Å². The molecule has 3 atom stereocenters. The Balaban J connectivity index is 3.62. The third kappa shape index (κ3) is 11.0. The molecule has 0 radical (unpaired) electrons. The molecule has 0 rings (SSSR count). The summed E-state index contributed by atoms with van der Waals surface area (Å²) < 4.78 is 4.97. The van der Waals surface area contributed by atoms with Crippen LogP contribution in [0, 0.1) is 0 Å². The number of quaternary nitrogens is 1. The fourth-order valence-electron chi connectivity index (χ4n) is 1.79. The van der Waals surface area contributed by atoms with Gasteiger partial charge in [-0.05, 0) is 26.7 Å². The van der Waals surface area contributed by atoms with Crippen LogP contribution in [0.1, 0.15) is 46.0 Å². The highest BCUT2D eigenvalue weighted by molar-refractivity contribution is 5.75. The number of nitrogens with one attached hydrogen (secondary N) is 2. The molecule has 0 saturated carbocycles. The first-order chi connectivity index (χ1) is 8.97. The normalized spacial score (nSPS) is 16.1. The minimum atomic E-state index is -0.585. The summed E-state index contributed by atoms with van der Waals surface area (Å²) in [5, 5.41) is 19.4. The van der Waals surface area contributed by atoms with Crippen molar-refractivity contribution in [2.45, 2.75) is 58.1 Å². The maximum Gasteiger partial charge on any atom is 0.129 e. The Labute approximate surface area is 115 Å². The molecule has 0 heterocycles. The average molecular weight is 277 g/mol. The van der Waals surface area contributed by atoms with Crippen molar-refractivity contribution >= 4 is 5.78 Å². The summed E-state index contributed by atoms with van der Waals surface area (Å²) in [6.45, 7) is 4.18. The van der Waals surface area contributed by atoms with E-state index in [2.05, 4.69) is 5.43 Å². The highest BCUT2D eigenvalue weighted by Crippen LogP contribution is 2.02. The van der Waals surface area contributed by atoms with Gasteiger partial charge in [0.2, 0.25) is 0 Å². The number of Topliss-reactive ketones (excluding diaryl/α,β-unsaturated/α-hetero) is 1. The molecule has 0 aliphatic heterocycles. The minimum absolute atomic E-state index is 0.189. The number of carbonyl (C=O) groups is 1. The van der Waals surface area contributed by atoms with Gasteiger partial charge in [-0.25, -0.2) is 0 Å². The van der Waals surface area contributed by atoms with Crippen molar-refractivity contribution in [2.75, 3.05) is 20.3 Å². The summed E-state index contributed by atoms with van der Waals surface area (Å²) in [4.78, 5) is 10.7. The van der Waals surface area contributed by atoms with E-state index < -0.39 is 6.10 Å². The third-order valence-corrected chi connectivity index (χ3v) is 2.97. The Morgan fingerprint density at radius 1 is 1.32 bits per heavy atom. The second-order valence-electron chi connectivity index (χ2n) is 5.01. The molecule has 0 spiro atoms. The lowest BCUT2D eigenvalue weighted by Crippen LogP contribution is -3.17. The van der Waals surface area contributed by atoms with E-state index in [4.69, 9.17) is 4.74 Å². The number of rotatable bonds is 12. The first-order valence-corrected chi connectivity index (χ1v) is 6.95. The van der Waals surface area contributed by atoms with Crippen molar-refractivity contribution in [3.8, 4) is 0 Å². The number of hydrogen-bond acceptors (Lipinski definition) is 5. The molecule has 6 heteroatoms. The van der Waals surface area contributed by atoms with Gasteiger partial charge in [0, 0.05) is 20.0 Å². The van der Waals surface area contributed by atoms with Gasteiger partial charge in [-0.15, -0.1) is 10.6 Å². The number of aliphatic hydroxyl groups excluding tert-OH is 1. The molecule has 1 unspecified atom stereocenters. The van der Waals surface area contributed by atoms with Crippen LogP contribution in [0.3, 0.4) is 0 Å². The van der Waals surface area contributed by atoms with E-state index in [9.17, 15) is 15.1 Å². The monoisotopic (exact) mass is 277 g/mol. The molecular weight excluding hydrogens is 248 g/mol. The Hall–Kier alpha value is -0.530. The van der Waals surface area contributed by atoms with Gasteiger partial charge < -0.3 is 14.6 Å². The molecule has 0 bridgehead atoms. The topological polar surface area (TPSA) is 83.2 Å². The van der Waals surface area contributed by atoms with Crippen LogP contribution in [-0.4, -0.2) is 48.5 Å². The van der Waals surface area contributed by atoms with Crippen molar-refractivity contribution in [1.29, 1.82) is 0 Å². The van der Waals surface area contributed by atoms with Crippen molar-refractivity contribution in [3.05, 3.63) is 0 Å². The van der Waals surface area contributed by atoms with Gasteiger partial charge in [-0.1, -0.05) is 6.42 Å². The molecule has 0 aliphatic carbocycles. The van der Waals surface area contributed by atoms with Crippen LogP contribution in [0.2, 0.25) is 0 Å².